The van der Waals surface area contributed by atoms with E-state index in [1.165, 1.54) is 0 Å². The minimum Gasteiger partial charge on any atom is -0.519 e. The van der Waals surface area contributed by atoms with Crippen LogP contribution in [-0.4, -0.2) is 26.7 Å². The van der Waals surface area contributed by atoms with Crippen LogP contribution in [0.4, 0.5) is 0 Å². The third kappa shape index (κ3) is 7.79. The van der Waals surface area contributed by atoms with Crippen LogP contribution in [0.15, 0.2) is 0 Å². The van der Waals surface area contributed by atoms with E-state index in [2.05, 4.69) is 5.32 Å². The number of rotatable bonds is 5. The molecule has 0 rings (SSSR count). The summed E-state index contributed by atoms with van der Waals surface area (Å²) >= 11 is 0. The topological polar surface area (TPSA) is 55.4 Å². The van der Waals surface area contributed by atoms with Crippen molar-refractivity contribution in [2.45, 2.75) is 39.4 Å². The Morgan fingerprint density at radius 3 is 2.29 bits per heavy atom. The standard InChI is InChI=1S/C9H19NO3Si/c1-5-6-8(11)10-7-9(12)13-14(2,3)4/h5-7H2,1-4H3,(H,10,11). The molecule has 0 aliphatic rings. The molecule has 0 aromatic carbocycles. The molecule has 0 aliphatic heterocycles. The third-order valence-electron chi connectivity index (χ3n) is 1.33. The van der Waals surface area contributed by atoms with Crippen molar-refractivity contribution >= 4 is 20.2 Å². The Morgan fingerprint density at radius 1 is 1.29 bits per heavy atom. The van der Waals surface area contributed by atoms with Crippen molar-refractivity contribution in [2.75, 3.05) is 6.54 Å². The number of hydrogen-bond donors (Lipinski definition) is 1. The van der Waals surface area contributed by atoms with Crippen LogP contribution >= 0.6 is 0 Å². The summed E-state index contributed by atoms with van der Waals surface area (Å²) in [6.07, 6.45) is 1.25. The first-order chi connectivity index (χ1) is 6.35. The van der Waals surface area contributed by atoms with Gasteiger partial charge in [0.25, 0.3) is 0 Å². The molecule has 0 spiro atoms. The quantitative estimate of drug-likeness (QED) is 0.706. The van der Waals surface area contributed by atoms with Crippen molar-refractivity contribution in [2.24, 2.45) is 0 Å². The molecule has 0 fully saturated rings. The molecule has 1 N–H and O–H groups in total. The van der Waals surface area contributed by atoms with Crippen molar-refractivity contribution < 1.29 is 14.0 Å². The van der Waals surface area contributed by atoms with Gasteiger partial charge in [-0.05, 0) is 26.1 Å². The summed E-state index contributed by atoms with van der Waals surface area (Å²) in [4.78, 5) is 22.2. The highest BCUT2D eigenvalue weighted by molar-refractivity contribution is 6.71. The summed E-state index contributed by atoms with van der Waals surface area (Å²) in [6.45, 7) is 7.69. The van der Waals surface area contributed by atoms with E-state index < -0.39 is 8.32 Å². The second kappa shape index (κ2) is 5.80. The van der Waals surface area contributed by atoms with Gasteiger partial charge in [-0.15, -0.1) is 0 Å². The van der Waals surface area contributed by atoms with Crippen molar-refractivity contribution in [1.29, 1.82) is 0 Å². The summed E-state index contributed by atoms with van der Waals surface area (Å²) < 4.78 is 5.15. The number of carbonyl (C=O) groups is 2. The number of carbonyl (C=O) groups excluding carboxylic acids is 2. The smallest absolute Gasteiger partial charge is 0.312 e. The predicted octanol–water partition coefficient (Wildman–Crippen LogP) is 1.28. The zero-order chi connectivity index (χ0) is 11.2. The summed E-state index contributed by atoms with van der Waals surface area (Å²) in [6, 6.07) is 0. The van der Waals surface area contributed by atoms with E-state index in [4.69, 9.17) is 4.43 Å². The number of hydrogen-bond acceptors (Lipinski definition) is 3. The molecule has 4 nitrogen and oxygen atoms in total. The van der Waals surface area contributed by atoms with E-state index in [1.807, 2.05) is 26.6 Å². The molecule has 0 heterocycles. The van der Waals surface area contributed by atoms with Crippen LogP contribution in [0.1, 0.15) is 19.8 Å². The van der Waals surface area contributed by atoms with Gasteiger partial charge in [-0.25, -0.2) is 0 Å². The van der Waals surface area contributed by atoms with Gasteiger partial charge in [0.15, 0.2) is 0 Å². The highest BCUT2D eigenvalue weighted by atomic mass is 28.4. The maximum atomic E-state index is 11.2. The molecule has 82 valence electrons. The summed E-state index contributed by atoms with van der Waals surface area (Å²) in [5, 5.41) is 2.51. The summed E-state index contributed by atoms with van der Waals surface area (Å²) in [5.41, 5.74) is 0. The maximum absolute atomic E-state index is 11.2. The van der Waals surface area contributed by atoms with Gasteiger partial charge in [-0.2, -0.15) is 0 Å². The lowest BCUT2D eigenvalue weighted by Gasteiger charge is -2.17. The second-order valence-electron chi connectivity index (χ2n) is 4.11. The largest absolute Gasteiger partial charge is 0.519 e. The summed E-state index contributed by atoms with van der Waals surface area (Å²) in [7, 11) is -1.81. The van der Waals surface area contributed by atoms with Gasteiger partial charge in [0.05, 0.1) is 0 Å². The fourth-order valence-electron chi connectivity index (χ4n) is 0.864. The first kappa shape index (κ1) is 13.2. The van der Waals surface area contributed by atoms with E-state index in [-0.39, 0.29) is 18.4 Å². The van der Waals surface area contributed by atoms with E-state index >= 15 is 0 Å². The Hall–Kier alpha value is -0.843. The van der Waals surface area contributed by atoms with Gasteiger partial charge in [-0.3, -0.25) is 9.59 Å². The molecule has 0 saturated carbocycles. The van der Waals surface area contributed by atoms with E-state index in [9.17, 15) is 9.59 Å². The van der Waals surface area contributed by atoms with Crippen LogP contribution in [-0.2, 0) is 14.0 Å². The van der Waals surface area contributed by atoms with Crippen molar-refractivity contribution in [3.8, 4) is 0 Å². The van der Waals surface area contributed by atoms with Crippen molar-refractivity contribution in [3.63, 3.8) is 0 Å². The molecule has 5 heteroatoms. The zero-order valence-corrected chi connectivity index (χ0v) is 10.3. The van der Waals surface area contributed by atoms with Crippen LogP contribution in [0.5, 0.6) is 0 Å². The van der Waals surface area contributed by atoms with Gasteiger partial charge in [-0.1, -0.05) is 6.92 Å². The molecule has 0 radical (unpaired) electrons. The molecular weight excluding hydrogens is 198 g/mol. The average Bonchev–Trinajstić information content (AvgIpc) is 1.98. The summed E-state index contributed by atoms with van der Waals surface area (Å²) in [5.74, 6) is -0.436. The molecule has 0 aromatic heterocycles. The van der Waals surface area contributed by atoms with E-state index in [1.54, 1.807) is 0 Å². The van der Waals surface area contributed by atoms with Crippen LogP contribution < -0.4 is 5.32 Å². The number of nitrogens with one attached hydrogen (secondary N) is 1. The molecule has 0 aliphatic carbocycles. The second-order valence-corrected chi connectivity index (χ2v) is 8.54. The maximum Gasteiger partial charge on any atom is 0.312 e. The fourth-order valence-corrected chi connectivity index (χ4v) is 1.62. The van der Waals surface area contributed by atoms with Gasteiger partial charge in [0, 0.05) is 6.42 Å². The van der Waals surface area contributed by atoms with Gasteiger partial charge in [0.1, 0.15) is 6.54 Å². The monoisotopic (exact) mass is 217 g/mol. The Morgan fingerprint density at radius 2 is 1.86 bits per heavy atom. The van der Waals surface area contributed by atoms with Gasteiger partial charge < -0.3 is 9.74 Å². The average molecular weight is 217 g/mol. The molecule has 0 aromatic rings. The van der Waals surface area contributed by atoms with Gasteiger partial charge >= 0.3 is 5.97 Å². The molecule has 0 bridgehead atoms. The Labute approximate surface area is 86.1 Å². The van der Waals surface area contributed by atoms with Crippen molar-refractivity contribution in [1.82, 2.24) is 5.32 Å². The van der Waals surface area contributed by atoms with E-state index in [0.717, 1.165) is 6.42 Å². The highest BCUT2D eigenvalue weighted by Gasteiger charge is 2.19. The lowest BCUT2D eigenvalue weighted by Crippen LogP contribution is -2.36. The number of amides is 1. The SMILES string of the molecule is CCCC(=O)NCC(=O)O[Si](C)(C)C. The molecule has 0 saturated heterocycles. The fraction of sp³-hybridized carbons (Fsp3) is 0.778. The predicted molar refractivity (Wildman–Crippen MR) is 57.4 cm³/mol. The Balaban J connectivity index is 3.70. The molecule has 1 amide bonds. The van der Waals surface area contributed by atoms with Crippen LogP contribution in [0.25, 0.3) is 0 Å². The van der Waals surface area contributed by atoms with Crippen LogP contribution in [0.3, 0.4) is 0 Å². The molecule has 0 unspecified atom stereocenters. The lowest BCUT2D eigenvalue weighted by molar-refractivity contribution is -0.136. The highest BCUT2D eigenvalue weighted by Crippen LogP contribution is 2.01. The normalized spacial score (nSPS) is 10.9. The molecule has 0 atom stereocenters. The zero-order valence-electron chi connectivity index (χ0n) is 9.35. The Kier molecular flexibility index (Phi) is 5.45. The first-order valence-electron chi connectivity index (χ1n) is 4.83. The Bertz CT molecular complexity index is 211. The van der Waals surface area contributed by atoms with E-state index in [0.29, 0.717) is 6.42 Å². The lowest BCUT2D eigenvalue weighted by atomic mass is 10.3. The van der Waals surface area contributed by atoms with Crippen LogP contribution in [0.2, 0.25) is 19.6 Å². The minimum absolute atomic E-state index is 0.0108. The first-order valence-corrected chi connectivity index (χ1v) is 8.24. The third-order valence-corrected chi connectivity index (χ3v) is 2.17. The van der Waals surface area contributed by atoms with Crippen molar-refractivity contribution in [3.05, 3.63) is 0 Å². The van der Waals surface area contributed by atoms with Crippen LogP contribution in [0, 0.1) is 0 Å². The minimum atomic E-state index is -1.81. The molecule has 14 heavy (non-hydrogen) atoms. The molecular formula is C9H19NO3Si. The van der Waals surface area contributed by atoms with Gasteiger partial charge in [0.2, 0.25) is 14.2 Å².